The summed E-state index contributed by atoms with van der Waals surface area (Å²) in [5.41, 5.74) is 3.06. The SMILES string of the molecule is CCCCCC1=Cc2cc(O)ccc2OC12C=Cc1c(ccc3ccccc13)O2. The summed E-state index contributed by atoms with van der Waals surface area (Å²) in [7, 11) is 0. The van der Waals surface area contributed by atoms with Crippen molar-refractivity contribution >= 4 is 22.9 Å². The maximum atomic E-state index is 9.89. The molecule has 1 atom stereocenters. The predicted octanol–water partition coefficient (Wildman–Crippen LogP) is 6.70. The van der Waals surface area contributed by atoms with Crippen LogP contribution in [-0.4, -0.2) is 10.9 Å². The summed E-state index contributed by atoms with van der Waals surface area (Å²) in [6, 6.07) is 17.7. The third kappa shape index (κ3) is 3.07. The second kappa shape index (κ2) is 7.00. The zero-order valence-electron chi connectivity index (χ0n) is 16.5. The summed E-state index contributed by atoms with van der Waals surface area (Å²) in [6.45, 7) is 2.20. The fraction of sp³-hybridized carbons (Fsp3) is 0.231. The number of unbranched alkanes of at least 4 members (excludes halogenated alkanes) is 2. The highest BCUT2D eigenvalue weighted by Crippen LogP contribution is 2.45. The van der Waals surface area contributed by atoms with Crippen LogP contribution in [0.25, 0.3) is 22.9 Å². The highest BCUT2D eigenvalue weighted by atomic mass is 16.7. The van der Waals surface area contributed by atoms with Crippen molar-refractivity contribution in [1.29, 1.82) is 0 Å². The van der Waals surface area contributed by atoms with Gasteiger partial charge in [-0.05, 0) is 60.0 Å². The third-order valence-corrected chi connectivity index (χ3v) is 5.74. The lowest BCUT2D eigenvalue weighted by Gasteiger charge is -2.40. The van der Waals surface area contributed by atoms with Gasteiger partial charge in [-0.3, -0.25) is 0 Å². The molecule has 3 aromatic rings. The number of ether oxygens (including phenoxy) is 2. The minimum atomic E-state index is -0.937. The smallest absolute Gasteiger partial charge is 0.294 e. The number of benzene rings is 3. The van der Waals surface area contributed by atoms with Gasteiger partial charge in [-0.25, -0.2) is 0 Å². The molecule has 1 unspecified atom stereocenters. The maximum Gasteiger partial charge on any atom is 0.294 e. The number of phenols is 1. The Morgan fingerprint density at radius 2 is 1.76 bits per heavy atom. The third-order valence-electron chi connectivity index (χ3n) is 5.74. The number of hydrogen-bond acceptors (Lipinski definition) is 3. The zero-order chi connectivity index (χ0) is 19.8. The molecule has 0 radical (unpaired) electrons. The first-order valence-electron chi connectivity index (χ1n) is 10.3. The van der Waals surface area contributed by atoms with Gasteiger partial charge in [0.15, 0.2) is 0 Å². The Balaban J connectivity index is 1.59. The van der Waals surface area contributed by atoms with E-state index in [1.165, 1.54) is 10.8 Å². The fourth-order valence-corrected chi connectivity index (χ4v) is 4.23. The molecule has 3 nitrogen and oxygen atoms in total. The molecule has 146 valence electrons. The predicted molar refractivity (Wildman–Crippen MR) is 117 cm³/mol. The Kier molecular flexibility index (Phi) is 4.31. The monoisotopic (exact) mass is 384 g/mol. The number of phenolic OH excluding ortho intramolecular Hbond substituents is 1. The molecule has 0 bridgehead atoms. The average Bonchev–Trinajstić information content (AvgIpc) is 2.74. The van der Waals surface area contributed by atoms with Crippen LogP contribution < -0.4 is 9.47 Å². The molecule has 29 heavy (non-hydrogen) atoms. The van der Waals surface area contributed by atoms with Crippen molar-refractivity contribution in [3.63, 3.8) is 0 Å². The zero-order valence-corrected chi connectivity index (χ0v) is 16.5. The van der Waals surface area contributed by atoms with Crippen molar-refractivity contribution in [1.82, 2.24) is 0 Å². The molecule has 0 aliphatic carbocycles. The fourth-order valence-electron chi connectivity index (χ4n) is 4.23. The van der Waals surface area contributed by atoms with E-state index in [9.17, 15) is 5.11 Å². The summed E-state index contributed by atoms with van der Waals surface area (Å²) in [5.74, 6) is 0.850. The lowest BCUT2D eigenvalue weighted by molar-refractivity contribution is -0.0438. The van der Waals surface area contributed by atoms with Gasteiger partial charge in [0.1, 0.15) is 17.2 Å². The van der Waals surface area contributed by atoms with Gasteiger partial charge in [-0.2, -0.15) is 0 Å². The van der Waals surface area contributed by atoms with Gasteiger partial charge in [0.2, 0.25) is 0 Å². The van der Waals surface area contributed by atoms with E-state index in [0.717, 1.165) is 53.9 Å². The summed E-state index contributed by atoms with van der Waals surface area (Å²) >= 11 is 0. The minimum absolute atomic E-state index is 0.240. The molecule has 5 rings (SSSR count). The van der Waals surface area contributed by atoms with Crippen LogP contribution in [0, 0.1) is 0 Å². The van der Waals surface area contributed by atoms with Gasteiger partial charge in [0, 0.05) is 22.8 Å². The number of hydrogen-bond donors (Lipinski definition) is 1. The van der Waals surface area contributed by atoms with Gasteiger partial charge in [0.25, 0.3) is 5.79 Å². The number of rotatable bonds is 4. The Labute approximate surface area is 170 Å². The van der Waals surface area contributed by atoms with Crippen molar-refractivity contribution in [2.75, 3.05) is 0 Å². The number of fused-ring (bicyclic) bond motifs is 4. The van der Waals surface area contributed by atoms with E-state index in [1.54, 1.807) is 18.2 Å². The molecule has 0 saturated carbocycles. The topological polar surface area (TPSA) is 38.7 Å². The van der Waals surface area contributed by atoms with E-state index in [0.29, 0.717) is 0 Å². The quantitative estimate of drug-likeness (QED) is 0.508. The van der Waals surface area contributed by atoms with Gasteiger partial charge >= 0.3 is 0 Å². The first-order chi connectivity index (χ1) is 14.2. The second-order valence-electron chi connectivity index (χ2n) is 7.75. The van der Waals surface area contributed by atoms with Crippen molar-refractivity contribution in [3.8, 4) is 17.2 Å². The van der Waals surface area contributed by atoms with Crippen molar-refractivity contribution < 1.29 is 14.6 Å². The molecule has 3 heteroatoms. The normalized spacial score (nSPS) is 19.3. The largest absolute Gasteiger partial charge is 0.508 e. The second-order valence-corrected chi connectivity index (χ2v) is 7.75. The molecule has 2 heterocycles. The summed E-state index contributed by atoms with van der Waals surface area (Å²) in [5, 5.41) is 12.3. The van der Waals surface area contributed by atoms with E-state index >= 15 is 0 Å². The Hall–Kier alpha value is -3.20. The summed E-state index contributed by atoms with van der Waals surface area (Å²) in [4.78, 5) is 0. The van der Waals surface area contributed by atoms with Crippen LogP contribution in [0.4, 0.5) is 0 Å². The van der Waals surface area contributed by atoms with Crippen LogP contribution in [0.5, 0.6) is 17.2 Å². The lowest BCUT2D eigenvalue weighted by Crippen LogP contribution is -2.45. The molecule has 0 fully saturated rings. The van der Waals surface area contributed by atoms with Crippen LogP contribution in [0.1, 0.15) is 43.7 Å². The lowest BCUT2D eigenvalue weighted by atomic mass is 9.90. The first kappa shape index (κ1) is 17.9. The molecule has 0 saturated heterocycles. The molecular weight excluding hydrogens is 360 g/mol. The van der Waals surface area contributed by atoms with E-state index < -0.39 is 5.79 Å². The first-order valence-corrected chi connectivity index (χ1v) is 10.3. The molecule has 2 aliphatic rings. The van der Waals surface area contributed by atoms with E-state index in [1.807, 2.05) is 12.1 Å². The van der Waals surface area contributed by atoms with Crippen molar-refractivity contribution in [2.45, 2.75) is 38.4 Å². The van der Waals surface area contributed by atoms with Crippen molar-refractivity contribution in [2.24, 2.45) is 0 Å². The van der Waals surface area contributed by atoms with Gasteiger partial charge in [-0.1, -0.05) is 50.1 Å². The summed E-state index contributed by atoms with van der Waals surface area (Å²) in [6.07, 6.45) is 10.6. The highest BCUT2D eigenvalue weighted by Gasteiger charge is 2.42. The van der Waals surface area contributed by atoms with E-state index in [-0.39, 0.29) is 5.75 Å². The number of aromatic hydroxyl groups is 1. The highest BCUT2D eigenvalue weighted by molar-refractivity contribution is 5.94. The molecule has 2 aliphatic heterocycles. The molecule has 0 aromatic heterocycles. The van der Waals surface area contributed by atoms with Gasteiger partial charge < -0.3 is 14.6 Å². The van der Waals surface area contributed by atoms with Crippen LogP contribution >= 0.6 is 0 Å². The van der Waals surface area contributed by atoms with E-state index in [2.05, 4.69) is 49.4 Å². The van der Waals surface area contributed by atoms with Crippen LogP contribution in [0.3, 0.4) is 0 Å². The minimum Gasteiger partial charge on any atom is -0.508 e. The molecule has 0 amide bonds. The Morgan fingerprint density at radius 3 is 2.66 bits per heavy atom. The average molecular weight is 384 g/mol. The maximum absolute atomic E-state index is 9.89. The summed E-state index contributed by atoms with van der Waals surface area (Å²) < 4.78 is 13.0. The standard InChI is InChI=1S/C26H24O3/c1-2-3-4-8-20-16-19-17-21(27)11-13-24(19)28-26(20)15-14-23-22-9-6-5-7-18(22)10-12-25(23)29-26/h5-7,9-17,27H,2-4,8H2,1H3. The van der Waals surface area contributed by atoms with Crippen LogP contribution in [0.15, 0.2) is 66.2 Å². The van der Waals surface area contributed by atoms with Crippen LogP contribution in [-0.2, 0) is 0 Å². The van der Waals surface area contributed by atoms with E-state index in [4.69, 9.17) is 9.47 Å². The molecule has 1 N–H and O–H groups in total. The Bertz CT molecular complexity index is 1140. The molecular formula is C26H24O3. The van der Waals surface area contributed by atoms with Gasteiger partial charge in [-0.15, -0.1) is 0 Å². The molecule has 1 spiro atoms. The Morgan fingerprint density at radius 1 is 0.931 bits per heavy atom. The van der Waals surface area contributed by atoms with Gasteiger partial charge in [0.05, 0.1) is 0 Å². The molecule has 3 aromatic carbocycles. The van der Waals surface area contributed by atoms with Crippen LogP contribution in [0.2, 0.25) is 0 Å². The van der Waals surface area contributed by atoms with Crippen molar-refractivity contribution in [3.05, 3.63) is 77.4 Å².